The first-order chi connectivity index (χ1) is 11.5. The smallest absolute Gasteiger partial charge is 0.269 e. The molecule has 122 valence electrons. The van der Waals surface area contributed by atoms with E-state index >= 15 is 0 Å². The molecule has 0 unspecified atom stereocenters. The van der Waals surface area contributed by atoms with Crippen molar-refractivity contribution in [2.24, 2.45) is 0 Å². The minimum Gasteiger partial charge on any atom is -0.382 e. The van der Waals surface area contributed by atoms with Gasteiger partial charge in [-0.3, -0.25) is 9.78 Å². The molecule has 0 bridgehead atoms. The van der Waals surface area contributed by atoms with Crippen molar-refractivity contribution in [3.63, 3.8) is 0 Å². The second kappa shape index (κ2) is 6.59. The molecule has 1 aromatic carbocycles. The lowest BCUT2D eigenvalue weighted by molar-refractivity contribution is 0.103. The van der Waals surface area contributed by atoms with Crippen molar-refractivity contribution in [1.29, 1.82) is 0 Å². The van der Waals surface area contributed by atoms with Crippen LogP contribution in [0.3, 0.4) is 0 Å². The number of anilines is 2. The van der Waals surface area contributed by atoms with Crippen molar-refractivity contribution in [2.45, 2.75) is 13.8 Å². The van der Waals surface area contributed by atoms with Gasteiger partial charge in [0.25, 0.3) is 5.91 Å². The van der Waals surface area contributed by atoms with Crippen molar-refractivity contribution < 1.29 is 4.79 Å². The molecule has 1 amide bonds. The molecule has 3 rings (SSSR count). The van der Waals surface area contributed by atoms with Gasteiger partial charge in [0.05, 0.1) is 10.7 Å². The molecule has 5 nitrogen and oxygen atoms in total. The number of nitrogens with zero attached hydrogens (tertiary/aromatic N) is 2. The highest BCUT2D eigenvalue weighted by molar-refractivity contribution is 7.17. The van der Waals surface area contributed by atoms with E-state index in [0.717, 1.165) is 16.8 Å². The number of benzene rings is 1. The number of nitrogen functional groups attached to an aromatic ring is 1. The zero-order chi connectivity index (χ0) is 17.3. The zero-order valence-electron chi connectivity index (χ0n) is 13.1. The highest BCUT2D eigenvalue weighted by Crippen LogP contribution is 2.32. The minimum atomic E-state index is -0.332. The molecular weight excluding hydrogens is 344 g/mol. The third-order valence-corrected chi connectivity index (χ3v) is 4.92. The van der Waals surface area contributed by atoms with E-state index in [1.807, 2.05) is 38.1 Å². The van der Waals surface area contributed by atoms with Crippen molar-refractivity contribution in [3.8, 4) is 10.7 Å². The van der Waals surface area contributed by atoms with Crippen LogP contribution in [0.5, 0.6) is 0 Å². The summed E-state index contributed by atoms with van der Waals surface area (Å²) in [5, 5.41) is 3.91. The zero-order valence-corrected chi connectivity index (χ0v) is 14.7. The summed E-state index contributed by atoms with van der Waals surface area (Å²) in [6.45, 7) is 3.81. The number of halogens is 1. The van der Waals surface area contributed by atoms with E-state index in [0.29, 0.717) is 20.6 Å². The average Bonchev–Trinajstić information content (AvgIpc) is 2.93. The van der Waals surface area contributed by atoms with Gasteiger partial charge < -0.3 is 11.1 Å². The number of amides is 1. The summed E-state index contributed by atoms with van der Waals surface area (Å²) in [7, 11) is 0. The number of nitrogens with one attached hydrogen (secondary N) is 1. The predicted molar refractivity (Wildman–Crippen MR) is 98.6 cm³/mol. The summed E-state index contributed by atoms with van der Waals surface area (Å²) < 4.78 is 0. The molecule has 3 aromatic rings. The largest absolute Gasteiger partial charge is 0.382 e. The van der Waals surface area contributed by atoms with Gasteiger partial charge in [-0.25, -0.2) is 4.98 Å². The third-order valence-electron chi connectivity index (χ3n) is 3.53. The molecule has 3 N–H and O–H groups in total. The number of rotatable bonds is 3. The van der Waals surface area contributed by atoms with E-state index in [-0.39, 0.29) is 11.7 Å². The fourth-order valence-electron chi connectivity index (χ4n) is 2.27. The van der Waals surface area contributed by atoms with Crippen LogP contribution in [0.2, 0.25) is 5.02 Å². The van der Waals surface area contributed by atoms with Crippen molar-refractivity contribution in [1.82, 2.24) is 9.97 Å². The minimum absolute atomic E-state index is 0.183. The van der Waals surface area contributed by atoms with Crippen LogP contribution >= 0.6 is 22.9 Å². The molecule has 2 aromatic heterocycles. The van der Waals surface area contributed by atoms with Crippen LogP contribution in [0.15, 0.2) is 36.5 Å². The first kappa shape index (κ1) is 16.4. The van der Waals surface area contributed by atoms with Crippen LogP contribution < -0.4 is 11.1 Å². The Hall–Kier alpha value is -2.44. The normalized spacial score (nSPS) is 10.6. The van der Waals surface area contributed by atoms with E-state index < -0.39 is 0 Å². The quantitative estimate of drug-likeness (QED) is 0.731. The molecule has 0 saturated heterocycles. The van der Waals surface area contributed by atoms with Gasteiger partial charge >= 0.3 is 0 Å². The summed E-state index contributed by atoms with van der Waals surface area (Å²) in [6.07, 6.45) is 1.69. The fourth-order valence-corrected chi connectivity index (χ4v) is 3.48. The number of carbonyl (C=O) groups is 1. The number of hydrogen-bond donors (Lipinski definition) is 2. The number of aromatic nitrogens is 2. The Morgan fingerprint density at radius 3 is 2.67 bits per heavy atom. The Bertz CT molecular complexity index is 902. The maximum atomic E-state index is 12.6. The monoisotopic (exact) mass is 358 g/mol. The van der Waals surface area contributed by atoms with Crippen LogP contribution in [-0.4, -0.2) is 15.9 Å². The standard InChI is InChI=1S/C17H15ClN4OS/c1-9-5-3-7-11(18)12(9)21-16(23)14-15(19)22-17(24-14)13-10(2)6-4-8-20-13/h3-8H,19H2,1-2H3,(H,21,23). The van der Waals surface area contributed by atoms with Crippen molar-refractivity contribution in [2.75, 3.05) is 11.1 Å². The van der Waals surface area contributed by atoms with Crippen LogP contribution in [-0.2, 0) is 0 Å². The first-order valence-corrected chi connectivity index (χ1v) is 8.41. The van der Waals surface area contributed by atoms with E-state index in [4.69, 9.17) is 17.3 Å². The van der Waals surface area contributed by atoms with Gasteiger partial charge in [-0.15, -0.1) is 11.3 Å². The number of thiazole rings is 1. The number of para-hydroxylation sites is 1. The molecular formula is C17H15ClN4OS. The number of aryl methyl sites for hydroxylation is 2. The molecule has 2 heterocycles. The van der Waals surface area contributed by atoms with Crippen molar-refractivity contribution in [3.05, 3.63) is 57.6 Å². The Balaban J connectivity index is 1.93. The van der Waals surface area contributed by atoms with E-state index in [9.17, 15) is 4.79 Å². The van der Waals surface area contributed by atoms with E-state index in [1.54, 1.807) is 12.3 Å². The summed E-state index contributed by atoms with van der Waals surface area (Å²) in [4.78, 5) is 21.5. The molecule has 0 aliphatic heterocycles. The highest BCUT2D eigenvalue weighted by Gasteiger charge is 2.20. The number of carbonyl (C=O) groups excluding carboxylic acids is 1. The van der Waals surface area contributed by atoms with Gasteiger partial charge in [0.1, 0.15) is 21.4 Å². The second-order valence-corrected chi connectivity index (χ2v) is 6.69. The van der Waals surface area contributed by atoms with Crippen molar-refractivity contribution >= 4 is 40.4 Å². The Morgan fingerprint density at radius 1 is 1.21 bits per heavy atom. The second-order valence-electron chi connectivity index (χ2n) is 5.29. The Labute approximate surface area is 148 Å². The molecule has 0 radical (unpaired) electrons. The summed E-state index contributed by atoms with van der Waals surface area (Å²) >= 11 is 7.37. The SMILES string of the molecule is Cc1cccnc1-c1nc(N)c(C(=O)Nc2c(C)cccc2Cl)s1. The molecule has 0 spiro atoms. The maximum absolute atomic E-state index is 12.6. The highest BCUT2D eigenvalue weighted by atomic mass is 35.5. The first-order valence-electron chi connectivity index (χ1n) is 7.22. The lowest BCUT2D eigenvalue weighted by atomic mass is 10.2. The lowest BCUT2D eigenvalue weighted by Crippen LogP contribution is -2.13. The molecule has 0 atom stereocenters. The van der Waals surface area contributed by atoms with Crippen LogP contribution in [0.1, 0.15) is 20.8 Å². The summed E-state index contributed by atoms with van der Waals surface area (Å²) in [5.41, 5.74) is 9.08. The number of pyridine rings is 1. The topological polar surface area (TPSA) is 80.9 Å². The summed E-state index contributed by atoms with van der Waals surface area (Å²) in [6, 6.07) is 9.22. The van der Waals surface area contributed by atoms with E-state index in [1.165, 1.54) is 11.3 Å². The van der Waals surface area contributed by atoms with Gasteiger partial charge in [-0.2, -0.15) is 0 Å². The lowest BCUT2D eigenvalue weighted by Gasteiger charge is -2.09. The number of hydrogen-bond acceptors (Lipinski definition) is 5. The van der Waals surface area contributed by atoms with E-state index in [2.05, 4.69) is 15.3 Å². The number of nitrogens with two attached hydrogens (primary N) is 1. The maximum Gasteiger partial charge on any atom is 0.269 e. The molecule has 0 aliphatic carbocycles. The van der Waals surface area contributed by atoms with Gasteiger partial charge in [0, 0.05) is 6.20 Å². The van der Waals surface area contributed by atoms with Crippen LogP contribution in [0.25, 0.3) is 10.7 Å². The third kappa shape index (κ3) is 3.11. The average molecular weight is 359 g/mol. The predicted octanol–water partition coefficient (Wildman–Crippen LogP) is 4.31. The van der Waals surface area contributed by atoms with Gasteiger partial charge in [0.15, 0.2) is 0 Å². The van der Waals surface area contributed by atoms with Gasteiger partial charge in [0.2, 0.25) is 0 Å². The Morgan fingerprint density at radius 2 is 1.96 bits per heavy atom. The van der Waals surface area contributed by atoms with Crippen LogP contribution in [0, 0.1) is 13.8 Å². The van der Waals surface area contributed by atoms with Gasteiger partial charge in [-0.1, -0.05) is 29.8 Å². The molecule has 7 heteroatoms. The Kier molecular flexibility index (Phi) is 4.51. The molecule has 0 aliphatic rings. The molecule has 0 saturated carbocycles. The molecule has 0 fully saturated rings. The summed E-state index contributed by atoms with van der Waals surface area (Å²) in [5.74, 6) is -0.150. The molecule has 24 heavy (non-hydrogen) atoms. The fraction of sp³-hybridized carbons (Fsp3) is 0.118. The van der Waals surface area contributed by atoms with Crippen LogP contribution in [0.4, 0.5) is 11.5 Å². The van der Waals surface area contributed by atoms with Gasteiger partial charge in [-0.05, 0) is 37.1 Å².